The van der Waals surface area contributed by atoms with Gasteiger partial charge in [-0.15, -0.1) is 0 Å². The highest BCUT2D eigenvalue weighted by atomic mass is 79.9. The molecule has 4 heteroatoms. The van der Waals surface area contributed by atoms with Gasteiger partial charge in [-0.3, -0.25) is 0 Å². The molecule has 0 fully saturated rings. The lowest BCUT2D eigenvalue weighted by Crippen LogP contribution is -2.23. The summed E-state index contributed by atoms with van der Waals surface area (Å²) in [5.41, 5.74) is 2.54. The molecule has 0 spiro atoms. The quantitative estimate of drug-likeness (QED) is 0.675. The molecule has 0 aliphatic carbocycles. The average molecular weight is 368 g/mol. The van der Waals surface area contributed by atoms with Gasteiger partial charge in [-0.25, -0.2) is 0 Å². The molecule has 1 aromatic heterocycles. The van der Waals surface area contributed by atoms with Gasteiger partial charge in [0.15, 0.2) is 0 Å². The van der Waals surface area contributed by atoms with Crippen LogP contribution in [0.15, 0.2) is 39.5 Å². The molecule has 1 unspecified atom stereocenters. The molecule has 2 aromatic rings. The molecule has 2 rings (SSSR count). The van der Waals surface area contributed by atoms with Crippen molar-refractivity contribution in [2.45, 2.75) is 32.7 Å². The first-order chi connectivity index (χ1) is 10.3. The highest BCUT2D eigenvalue weighted by Gasteiger charge is 2.17. The third kappa shape index (κ3) is 4.56. The monoisotopic (exact) mass is 367 g/mol. The minimum Gasteiger partial charge on any atom is -0.494 e. The molecule has 1 atom stereocenters. The van der Waals surface area contributed by atoms with E-state index in [2.05, 4.69) is 64.1 Å². The fraction of sp³-hybridized carbons (Fsp3) is 0.412. The zero-order valence-electron chi connectivity index (χ0n) is 12.6. The molecule has 0 saturated carbocycles. The standard InChI is InChI=1S/C17H22BrNOS/c1-3-8-19-17(15-11-21-12-16(15)18)13-6-5-7-14(10-13)20-9-4-2/h5-7,10-12,17,19H,3-4,8-9H2,1-2H3. The van der Waals surface area contributed by atoms with Gasteiger partial charge in [0.05, 0.1) is 12.6 Å². The Kier molecular flexibility index (Phi) is 6.74. The highest BCUT2D eigenvalue weighted by molar-refractivity contribution is 9.10. The number of ether oxygens (including phenoxy) is 1. The summed E-state index contributed by atoms with van der Waals surface area (Å²) >= 11 is 5.38. The van der Waals surface area contributed by atoms with Crippen LogP contribution in [0.2, 0.25) is 0 Å². The van der Waals surface area contributed by atoms with Gasteiger partial charge in [-0.05, 0) is 64.0 Å². The zero-order valence-corrected chi connectivity index (χ0v) is 15.0. The Bertz CT molecular complexity index is 555. The molecule has 0 bridgehead atoms. The maximum Gasteiger partial charge on any atom is 0.119 e. The number of thiophene rings is 1. The fourth-order valence-corrected chi connectivity index (χ4v) is 3.75. The van der Waals surface area contributed by atoms with E-state index in [1.807, 2.05) is 6.07 Å². The summed E-state index contributed by atoms with van der Waals surface area (Å²) in [4.78, 5) is 0. The average Bonchev–Trinajstić information content (AvgIpc) is 2.92. The van der Waals surface area contributed by atoms with Gasteiger partial charge in [0, 0.05) is 9.85 Å². The Morgan fingerprint density at radius 1 is 1.24 bits per heavy atom. The molecule has 0 aliphatic heterocycles. The number of nitrogens with one attached hydrogen (secondary N) is 1. The lowest BCUT2D eigenvalue weighted by Gasteiger charge is -2.20. The van der Waals surface area contributed by atoms with Crippen molar-refractivity contribution in [2.75, 3.05) is 13.2 Å². The molecule has 1 heterocycles. The zero-order chi connectivity index (χ0) is 15.1. The van der Waals surface area contributed by atoms with Gasteiger partial charge in [-0.1, -0.05) is 26.0 Å². The van der Waals surface area contributed by atoms with E-state index < -0.39 is 0 Å². The molecule has 1 aromatic carbocycles. The third-order valence-corrected chi connectivity index (χ3v) is 4.97. The van der Waals surface area contributed by atoms with E-state index in [0.717, 1.165) is 31.7 Å². The predicted molar refractivity (Wildman–Crippen MR) is 94.4 cm³/mol. The Morgan fingerprint density at radius 3 is 2.76 bits per heavy atom. The normalized spacial score (nSPS) is 12.3. The summed E-state index contributed by atoms with van der Waals surface area (Å²) in [6.45, 7) is 6.07. The van der Waals surface area contributed by atoms with Crippen LogP contribution in [0.1, 0.15) is 43.9 Å². The maximum absolute atomic E-state index is 5.76. The molecule has 0 radical (unpaired) electrons. The van der Waals surface area contributed by atoms with Crippen LogP contribution in [0.4, 0.5) is 0 Å². The Labute approximate surface area is 139 Å². The van der Waals surface area contributed by atoms with E-state index in [1.54, 1.807) is 11.3 Å². The second-order valence-electron chi connectivity index (χ2n) is 4.98. The second-order valence-corrected chi connectivity index (χ2v) is 6.58. The van der Waals surface area contributed by atoms with Crippen LogP contribution >= 0.6 is 27.3 Å². The topological polar surface area (TPSA) is 21.3 Å². The van der Waals surface area contributed by atoms with Gasteiger partial charge in [-0.2, -0.15) is 11.3 Å². The largest absolute Gasteiger partial charge is 0.494 e. The minimum absolute atomic E-state index is 0.204. The number of rotatable bonds is 8. The summed E-state index contributed by atoms with van der Waals surface area (Å²) < 4.78 is 6.93. The van der Waals surface area contributed by atoms with Crippen LogP contribution in [0, 0.1) is 0 Å². The maximum atomic E-state index is 5.76. The molecule has 114 valence electrons. The first kappa shape index (κ1) is 16.5. The molecule has 0 aliphatic rings. The Balaban J connectivity index is 2.26. The van der Waals surface area contributed by atoms with E-state index >= 15 is 0 Å². The van der Waals surface area contributed by atoms with Gasteiger partial charge in [0.2, 0.25) is 0 Å². The van der Waals surface area contributed by atoms with Crippen LogP contribution in [0.25, 0.3) is 0 Å². The summed E-state index contributed by atoms with van der Waals surface area (Å²) in [7, 11) is 0. The van der Waals surface area contributed by atoms with Crippen molar-refractivity contribution in [3.05, 3.63) is 50.6 Å². The van der Waals surface area contributed by atoms with Gasteiger partial charge >= 0.3 is 0 Å². The predicted octanol–water partition coefficient (Wildman–Crippen LogP) is 5.39. The lowest BCUT2D eigenvalue weighted by atomic mass is 10.0. The number of hydrogen-bond acceptors (Lipinski definition) is 3. The molecular weight excluding hydrogens is 346 g/mol. The van der Waals surface area contributed by atoms with Crippen LogP contribution in [0.3, 0.4) is 0 Å². The summed E-state index contributed by atoms with van der Waals surface area (Å²) in [6, 6.07) is 8.61. The van der Waals surface area contributed by atoms with Crippen molar-refractivity contribution in [3.63, 3.8) is 0 Å². The van der Waals surface area contributed by atoms with Crippen LogP contribution in [-0.2, 0) is 0 Å². The Hall–Kier alpha value is -0.840. The van der Waals surface area contributed by atoms with Crippen molar-refractivity contribution in [2.24, 2.45) is 0 Å². The van der Waals surface area contributed by atoms with Crippen molar-refractivity contribution in [1.29, 1.82) is 0 Å². The third-order valence-electron chi connectivity index (χ3n) is 3.22. The van der Waals surface area contributed by atoms with E-state index in [4.69, 9.17) is 4.74 Å². The SMILES string of the molecule is CCCNC(c1cccc(OCCC)c1)c1cscc1Br. The Morgan fingerprint density at radius 2 is 2.10 bits per heavy atom. The van der Waals surface area contributed by atoms with Gasteiger partial charge in [0.25, 0.3) is 0 Å². The van der Waals surface area contributed by atoms with Crippen LogP contribution < -0.4 is 10.1 Å². The van der Waals surface area contributed by atoms with Crippen LogP contribution in [-0.4, -0.2) is 13.2 Å². The van der Waals surface area contributed by atoms with Crippen molar-refractivity contribution in [1.82, 2.24) is 5.32 Å². The first-order valence-corrected chi connectivity index (χ1v) is 9.17. The number of hydrogen-bond donors (Lipinski definition) is 1. The summed E-state index contributed by atoms with van der Waals surface area (Å²) in [5.74, 6) is 0.948. The van der Waals surface area contributed by atoms with Crippen molar-refractivity contribution < 1.29 is 4.74 Å². The molecule has 21 heavy (non-hydrogen) atoms. The van der Waals surface area contributed by atoms with Crippen molar-refractivity contribution in [3.8, 4) is 5.75 Å². The van der Waals surface area contributed by atoms with E-state index in [0.29, 0.717) is 0 Å². The molecule has 0 saturated heterocycles. The van der Waals surface area contributed by atoms with Gasteiger partial charge < -0.3 is 10.1 Å². The fourth-order valence-electron chi connectivity index (χ4n) is 2.20. The summed E-state index contributed by atoms with van der Waals surface area (Å²) in [6.07, 6.45) is 2.14. The molecular formula is C17H22BrNOS. The van der Waals surface area contributed by atoms with Gasteiger partial charge in [0.1, 0.15) is 5.75 Å². The second kappa shape index (κ2) is 8.57. The highest BCUT2D eigenvalue weighted by Crippen LogP contribution is 2.32. The minimum atomic E-state index is 0.204. The van der Waals surface area contributed by atoms with Crippen LogP contribution in [0.5, 0.6) is 5.75 Å². The molecule has 1 N–H and O–H groups in total. The molecule has 0 amide bonds. The molecule has 2 nitrogen and oxygen atoms in total. The van der Waals surface area contributed by atoms with E-state index in [1.165, 1.54) is 15.6 Å². The van der Waals surface area contributed by atoms with Crippen molar-refractivity contribution >= 4 is 27.3 Å². The number of halogens is 1. The van der Waals surface area contributed by atoms with E-state index in [9.17, 15) is 0 Å². The number of benzene rings is 1. The summed E-state index contributed by atoms with van der Waals surface area (Å²) in [5, 5.41) is 7.97. The first-order valence-electron chi connectivity index (χ1n) is 7.44. The van der Waals surface area contributed by atoms with E-state index in [-0.39, 0.29) is 6.04 Å². The smallest absolute Gasteiger partial charge is 0.119 e. The lowest BCUT2D eigenvalue weighted by molar-refractivity contribution is 0.317.